The second kappa shape index (κ2) is 2.85. The van der Waals surface area contributed by atoms with E-state index in [4.69, 9.17) is 10.9 Å². The highest BCUT2D eigenvalue weighted by Gasteiger charge is 2.33. The van der Waals surface area contributed by atoms with Crippen molar-refractivity contribution < 1.29 is 4.79 Å². The van der Waals surface area contributed by atoms with E-state index in [1.807, 2.05) is 0 Å². The summed E-state index contributed by atoms with van der Waals surface area (Å²) in [4.78, 5) is 14.4. The van der Waals surface area contributed by atoms with Gasteiger partial charge in [-0.3, -0.25) is 4.79 Å². The van der Waals surface area contributed by atoms with Crippen LogP contribution in [0.25, 0.3) is 16.4 Å². The summed E-state index contributed by atoms with van der Waals surface area (Å²) in [5.41, 5.74) is 6.83. The first kappa shape index (κ1) is 8.26. The predicted molar refractivity (Wildman–Crippen MR) is 47.7 cm³/mol. The van der Waals surface area contributed by atoms with Gasteiger partial charge in [-0.15, -0.1) is 0 Å². The molecule has 1 aromatic rings. The number of diazo groups is 1. The fourth-order valence-electron chi connectivity index (χ4n) is 1.46. The number of rotatable bonds is 1. The number of Topliss-reactive ketones (excluding diaryl/α,β-unsaturated/α-hetero) is 1. The summed E-state index contributed by atoms with van der Waals surface area (Å²) in [6.07, 6.45) is 0. The van der Waals surface area contributed by atoms with E-state index in [-0.39, 0.29) is 11.4 Å². The van der Waals surface area contributed by atoms with Crippen LogP contribution in [0.3, 0.4) is 0 Å². The molecular weight excluding hydrogens is 180 g/mol. The Labute approximate surface area is 78.5 Å². The van der Waals surface area contributed by atoms with Crippen molar-refractivity contribution in [3.63, 3.8) is 0 Å². The zero-order chi connectivity index (χ0) is 10.1. The van der Waals surface area contributed by atoms with Gasteiger partial charge < -0.3 is 0 Å². The van der Waals surface area contributed by atoms with Crippen molar-refractivity contribution in [1.82, 2.24) is 0 Å². The minimum absolute atomic E-state index is 0.0217. The molecular formula is C9H5N4O+. The number of nitrogens with one attached hydrogen (secondary N) is 1. The molecule has 0 aromatic heterocycles. The Hall–Kier alpha value is -2.35. The van der Waals surface area contributed by atoms with E-state index in [1.165, 1.54) is 0 Å². The maximum Gasteiger partial charge on any atom is 0.441 e. The van der Waals surface area contributed by atoms with Gasteiger partial charge in [-0.1, -0.05) is 18.2 Å². The average molecular weight is 185 g/mol. The molecule has 0 heterocycles. The van der Waals surface area contributed by atoms with Crippen LogP contribution in [0.5, 0.6) is 0 Å². The summed E-state index contributed by atoms with van der Waals surface area (Å²) in [7, 11) is 0. The van der Waals surface area contributed by atoms with Crippen LogP contribution in [0.4, 0.5) is 0 Å². The van der Waals surface area contributed by atoms with Gasteiger partial charge in [0.05, 0.1) is 5.22 Å². The largest absolute Gasteiger partial charge is 0.441 e. The van der Waals surface area contributed by atoms with Gasteiger partial charge in [0, 0.05) is 5.22 Å². The molecule has 5 heteroatoms. The zero-order valence-corrected chi connectivity index (χ0v) is 7.06. The van der Waals surface area contributed by atoms with E-state index < -0.39 is 5.78 Å². The minimum Gasteiger partial charge on any atom is -0.278 e. The van der Waals surface area contributed by atoms with Crippen LogP contribution in [-0.2, 0) is 4.79 Å². The number of ketones is 1. The fraction of sp³-hybridized carbons (Fsp3) is 0. The van der Waals surface area contributed by atoms with Gasteiger partial charge in [0.25, 0.3) is 0 Å². The lowest BCUT2D eigenvalue weighted by Crippen LogP contribution is -2.22. The number of hydrogen-bond donors (Lipinski definition) is 1. The highest BCUT2D eigenvalue weighted by Crippen LogP contribution is 2.11. The molecule has 2 rings (SSSR count). The van der Waals surface area contributed by atoms with E-state index in [0.29, 0.717) is 10.4 Å². The molecule has 0 unspecified atom stereocenters. The Morgan fingerprint density at radius 2 is 1.93 bits per heavy atom. The number of nitrogens with zero attached hydrogens (tertiary/aromatic N) is 3. The molecule has 0 atom stereocenters. The van der Waals surface area contributed by atoms with Crippen LogP contribution in [0.15, 0.2) is 29.4 Å². The highest BCUT2D eigenvalue weighted by atomic mass is 16.1. The lowest BCUT2D eigenvalue weighted by molar-refractivity contribution is -0.108. The molecule has 1 aliphatic rings. The van der Waals surface area contributed by atoms with Crippen molar-refractivity contribution in [2.45, 2.75) is 0 Å². The molecule has 0 fully saturated rings. The second-order valence-electron chi connectivity index (χ2n) is 2.78. The molecule has 0 radical (unpaired) electrons. The van der Waals surface area contributed by atoms with E-state index in [1.54, 1.807) is 24.3 Å². The van der Waals surface area contributed by atoms with Gasteiger partial charge in [0.15, 0.2) is 4.98 Å². The Kier molecular flexibility index (Phi) is 1.68. The van der Waals surface area contributed by atoms with Crippen LogP contribution in [0.1, 0.15) is 0 Å². The van der Waals surface area contributed by atoms with Gasteiger partial charge >= 0.3 is 11.5 Å². The normalized spacial score (nSPS) is 13.8. The first-order chi connectivity index (χ1) is 6.79. The zero-order valence-electron chi connectivity index (χ0n) is 7.06. The summed E-state index contributed by atoms with van der Waals surface area (Å²) in [6, 6.07) is 6.78. The Morgan fingerprint density at radius 3 is 2.50 bits per heavy atom. The Balaban J connectivity index is 3.05. The fourth-order valence-corrected chi connectivity index (χ4v) is 1.46. The first-order valence-corrected chi connectivity index (χ1v) is 3.90. The third kappa shape index (κ3) is 0.880. The van der Waals surface area contributed by atoms with Crippen LogP contribution >= 0.6 is 0 Å². The van der Waals surface area contributed by atoms with Crippen molar-refractivity contribution in [1.29, 1.82) is 10.9 Å². The monoisotopic (exact) mass is 185 g/mol. The molecule has 0 bridgehead atoms. The third-order valence-electron chi connectivity index (χ3n) is 2.08. The molecule has 0 saturated carbocycles. The molecule has 0 aliphatic heterocycles. The Bertz CT molecular complexity index is 594. The standard InChI is InChI=1S/C9H5N4O/c10-12-7-5-3-1-2-4-6(5)8(13-11)9(7)14/h1-4,10H/q+1. The summed E-state index contributed by atoms with van der Waals surface area (Å²) in [5, 5.41) is 12.8. The number of fused-ring (bicyclic) bond motifs is 1. The molecule has 5 nitrogen and oxygen atoms in total. The molecule has 1 aromatic carbocycles. The lowest BCUT2D eigenvalue weighted by Gasteiger charge is -1.83. The number of hydrogen-bond acceptors (Lipinski definition) is 4. The number of carbonyl (C=O) groups excluding carboxylic acids is 1. The first-order valence-electron chi connectivity index (χ1n) is 3.90. The van der Waals surface area contributed by atoms with Crippen LogP contribution in [0.2, 0.25) is 0 Å². The van der Waals surface area contributed by atoms with Gasteiger partial charge in [-0.25, -0.2) is 5.53 Å². The van der Waals surface area contributed by atoms with Crippen molar-refractivity contribution in [3.8, 4) is 0 Å². The molecule has 1 N–H and O–H groups in total. The molecule has 0 saturated heterocycles. The van der Waals surface area contributed by atoms with Gasteiger partial charge in [0.2, 0.25) is 5.39 Å². The van der Waals surface area contributed by atoms with Crippen molar-refractivity contribution in [3.05, 3.63) is 39.7 Å². The Morgan fingerprint density at radius 1 is 1.29 bits per heavy atom. The summed E-state index contributed by atoms with van der Waals surface area (Å²) >= 11 is 0. The number of benzene rings is 1. The van der Waals surface area contributed by atoms with Crippen LogP contribution in [-0.4, -0.2) is 5.78 Å². The van der Waals surface area contributed by atoms with Crippen molar-refractivity contribution in [2.75, 3.05) is 0 Å². The van der Waals surface area contributed by atoms with E-state index in [0.717, 1.165) is 0 Å². The molecule has 0 spiro atoms. The van der Waals surface area contributed by atoms with Crippen molar-refractivity contribution in [2.24, 2.45) is 5.11 Å². The van der Waals surface area contributed by atoms with Gasteiger partial charge in [-0.05, 0) is 6.07 Å². The number of carbonyl (C=O) groups is 1. The minimum atomic E-state index is -0.510. The summed E-state index contributed by atoms with van der Waals surface area (Å²) in [6.45, 7) is 0. The molecule has 1 aliphatic carbocycles. The predicted octanol–water partition coefficient (Wildman–Crippen LogP) is 0.370. The maximum absolute atomic E-state index is 11.5. The topological polar surface area (TPSA) is 81.4 Å². The quantitative estimate of drug-likeness (QED) is 0.506. The average Bonchev–Trinajstić information content (AvgIpc) is 2.49. The van der Waals surface area contributed by atoms with Crippen LogP contribution < -0.4 is 10.4 Å². The lowest BCUT2D eigenvalue weighted by atomic mass is 10.2. The maximum atomic E-state index is 11.5. The van der Waals surface area contributed by atoms with Gasteiger partial charge in [-0.2, -0.15) is 5.11 Å². The smallest absolute Gasteiger partial charge is 0.278 e. The van der Waals surface area contributed by atoms with E-state index >= 15 is 0 Å². The molecule has 0 amide bonds. The van der Waals surface area contributed by atoms with E-state index in [9.17, 15) is 4.79 Å². The third-order valence-corrected chi connectivity index (χ3v) is 2.08. The van der Waals surface area contributed by atoms with E-state index in [2.05, 4.69) is 10.1 Å². The molecule has 66 valence electrons. The van der Waals surface area contributed by atoms with Gasteiger partial charge in [0.1, 0.15) is 5.70 Å². The SMILES string of the molecule is N#[N+]C1=c2ccccc2=C(N=N)C1=O. The summed E-state index contributed by atoms with van der Waals surface area (Å²) in [5.74, 6) is -0.510. The second-order valence-corrected chi connectivity index (χ2v) is 2.78. The highest BCUT2D eigenvalue weighted by molar-refractivity contribution is 6.38. The summed E-state index contributed by atoms with van der Waals surface area (Å²) < 4.78 is 0. The van der Waals surface area contributed by atoms with Crippen LogP contribution in [0, 0.1) is 10.9 Å². The molecule has 14 heavy (non-hydrogen) atoms. The van der Waals surface area contributed by atoms with Crippen molar-refractivity contribution >= 4 is 17.2 Å².